The minimum absolute atomic E-state index is 0.609. The predicted molar refractivity (Wildman–Crippen MR) is 103 cm³/mol. The van der Waals surface area contributed by atoms with Crippen molar-refractivity contribution in [3.05, 3.63) is 23.9 Å². The van der Waals surface area contributed by atoms with Crippen LogP contribution in [0.1, 0.15) is 38.2 Å². The van der Waals surface area contributed by atoms with Crippen molar-refractivity contribution >= 4 is 5.96 Å². The first-order valence-electron chi connectivity index (χ1n) is 9.89. The van der Waals surface area contributed by atoms with Gasteiger partial charge in [0.1, 0.15) is 0 Å². The molecule has 144 valence electrons. The van der Waals surface area contributed by atoms with Crippen LogP contribution in [-0.2, 0) is 11.3 Å². The summed E-state index contributed by atoms with van der Waals surface area (Å²) < 4.78 is 11.5. The van der Waals surface area contributed by atoms with Gasteiger partial charge in [0.25, 0.3) is 0 Å². The molecule has 1 aromatic heterocycles. The molecule has 2 saturated carbocycles. The fraction of sp³-hybridized carbons (Fsp3) is 0.700. The van der Waals surface area contributed by atoms with Crippen LogP contribution in [-0.4, -0.2) is 55.8 Å². The third kappa shape index (κ3) is 6.83. The number of ether oxygens (including phenoxy) is 2. The summed E-state index contributed by atoms with van der Waals surface area (Å²) in [5.74, 6) is 3.15. The molecular formula is C20H32N4O2. The number of hydrogen-bond donors (Lipinski definition) is 1. The molecule has 1 N–H and O–H groups in total. The monoisotopic (exact) mass is 360 g/mol. The molecule has 0 spiro atoms. The first-order chi connectivity index (χ1) is 12.7. The molecule has 6 heteroatoms. The van der Waals surface area contributed by atoms with Gasteiger partial charge < -0.3 is 19.7 Å². The molecule has 2 aliphatic carbocycles. The number of nitrogens with one attached hydrogen (secondary N) is 1. The second-order valence-corrected chi connectivity index (χ2v) is 7.37. The van der Waals surface area contributed by atoms with E-state index in [1.807, 2.05) is 12.1 Å². The van der Waals surface area contributed by atoms with E-state index in [2.05, 4.69) is 29.2 Å². The summed E-state index contributed by atoms with van der Waals surface area (Å²) in [5, 5.41) is 3.35. The van der Waals surface area contributed by atoms with E-state index in [0.717, 1.165) is 56.3 Å². The Balaban J connectivity index is 1.47. The maximum absolute atomic E-state index is 5.76. The van der Waals surface area contributed by atoms with Crippen molar-refractivity contribution in [2.75, 3.05) is 40.0 Å². The number of nitrogens with zero attached hydrogens (tertiary/aromatic N) is 3. The molecule has 1 aromatic rings. The van der Waals surface area contributed by atoms with E-state index in [1.54, 1.807) is 6.20 Å². The fourth-order valence-corrected chi connectivity index (χ4v) is 2.59. The zero-order valence-electron chi connectivity index (χ0n) is 16.1. The molecule has 2 aliphatic rings. The predicted octanol–water partition coefficient (Wildman–Crippen LogP) is 2.69. The molecule has 6 nitrogen and oxygen atoms in total. The average Bonchev–Trinajstić information content (AvgIpc) is 3.55. The summed E-state index contributed by atoms with van der Waals surface area (Å²) in [7, 11) is 2.05. The minimum atomic E-state index is 0.609. The van der Waals surface area contributed by atoms with Crippen LogP contribution >= 0.6 is 0 Å². The van der Waals surface area contributed by atoms with Gasteiger partial charge in [-0.1, -0.05) is 0 Å². The third-order valence-corrected chi connectivity index (χ3v) is 4.69. The van der Waals surface area contributed by atoms with Gasteiger partial charge >= 0.3 is 0 Å². The van der Waals surface area contributed by atoms with Crippen molar-refractivity contribution in [2.24, 2.45) is 16.8 Å². The normalized spacial score (nSPS) is 17.2. The van der Waals surface area contributed by atoms with Gasteiger partial charge in [0.05, 0.1) is 19.8 Å². The first kappa shape index (κ1) is 19.0. The summed E-state index contributed by atoms with van der Waals surface area (Å²) in [6, 6.07) is 3.99. The number of aliphatic imine (C=N–C) groups is 1. The minimum Gasteiger partial charge on any atom is -0.477 e. The van der Waals surface area contributed by atoms with E-state index in [0.29, 0.717) is 12.4 Å². The summed E-state index contributed by atoms with van der Waals surface area (Å²) in [5.41, 5.74) is 1.11. The Kier molecular flexibility index (Phi) is 7.12. The number of likely N-dealkylation sites (N-methyl/N-ethyl adjacent to an activating group) is 1. The van der Waals surface area contributed by atoms with Crippen LogP contribution in [0.2, 0.25) is 0 Å². The number of hydrogen-bond acceptors (Lipinski definition) is 4. The molecule has 26 heavy (non-hydrogen) atoms. The topological polar surface area (TPSA) is 59.0 Å². The van der Waals surface area contributed by atoms with E-state index < -0.39 is 0 Å². The van der Waals surface area contributed by atoms with Crippen LogP contribution in [0.5, 0.6) is 5.88 Å². The van der Waals surface area contributed by atoms with Crippen LogP contribution in [0.3, 0.4) is 0 Å². The lowest BCUT2D eigenvalue weighted by Gasteiger charge is -2.22. The highest BCUT2D eigenvalue weighted by molar-refractivity contribution is 5.79. The summed E-state index contributed by atoms with van der Waals surface area (Å²) in [4.78, 5) is 11.2. The Bertz CT molecular complexity index is 585. The van der Waals surface area contributed by atoms with Gasteiger partial charge in [-0.15, -0.1) is 0 Å². The first-order valence-corrected chi connectivity index (χ1v) is 9.89. The molecular weight excluding hydrogens is 328 g/mol. The van der Waals surface area contributed by atoms with Crippen LogP contribution < -0.4 is 10.1 Å². The molecule has 0 aliphatic heterocycles. The Morgan fingerprint density at radius 2 is 2.04 bits per heavy atom. The molecule has 0 atom stereocenters. The van der Waals surface area contributed by atoms with Crippen LogP contribution in [0, 0.1) is 11.8 Å². The van der Waals surface area contributed by atoms with Crippen LogP contribution in [0.25, 0.3) is 0 Å². The highest BCUT2D eigenvalue weighted by Crippen LogP contribution is 2.29. The molecule has 1 heterocycles. The quantitative estimate of drug-likeness (QED) is 0.373. The smallest absolute Gasteiger partial charge is 0.213 e. The van der Waals surface area contributed by atoms with Crippen LogP contribution in [0.4, 0.5) is 0 Å². The standard InChI is InChI=1S/C20H32N4O2/c1-3-21-20(24(2)10-11-25-14-16-4-5-16)23-13-18-8-9-22-19(12-18)26-15-17-6-7-17/h8-9,12,16-17H,3-7,10-11,13-15H2,1-2H3,(H,21,23). The molecule has 0 bridgehead atoms. The molecule has 3 rings (SSSR count). The summed E-state index contributed by atoms with van der Waals surface area (Å²) in [6.07, 6.45) is 7.03. The Morgan fingerprint density at radius 1 is 1.27 bits per heavy atom. The van der Waals surface area contributed by atoms with Crippen molar-refractivity contribution in [1.29, 1.82) is 0 Å². The van der Waals surface area contributed by atoms with Gasteiger partial charge in [-0.25, -0.2) is 9.98 Å². The van der Waals surface area contributed by atoms with E-state index in [9.17, 15) is 0 Å². The fourth-order valence-electron chi connectivity index (χ4n) is 2.59. The van der Waals surface area contributed by atoms with Gasteiger partial charge in [0.15, 0.2) is 5.96 Å². The largest absolute Gasteiger partial charge is 0.477 e. The summed E-state index contributed by atoms with van der Waals surface area (Å²) >= 11 is 0. The van der Waals surface area contributed by atoms with Gasteiger partial charge in [0.2, 0.25) is 5.88 Å². The summed E-state index contributed by atoms with van der Waals surface area (Å²) in [6.45, 7) is 6.81. The number of guanidine groups is 1. The zero-order chi connectivity index (χ0) is 18.2. The molecule has 0 radical (unpaired) electrons. The molecule has 0 unspecified atom stereocenters. The average molecular weight is 361 g/mol. The van der Waals surface area contributed by atoms with E-state index in [1.165, 1.54) is 25.7 Å². The number of pyridine rings is 1. The molecule has 0 aromatic carbocycles. The van der Waals surface area contributed by atoms with Gasteiger partial charge in [-0.3, -0.25) is 0 Å². The third-order valence-electron chi connectivity index (χ3n) is 4.69. The lowest BCUT2D eigenvalue weighted by molar-refractivity contribution is 0.115. The van der Waals surface area contributed by atoms with Gasteiger partial charge in [-0.05, 0) is 56.1 Å². The van der Waals surface area contributed by atoms with Crippen molar-refractivity contribution in [3.63, 3.8) is 0 Å². The lowest BCUT2D eigenvalue weighted by Crippen LogP contribution is -2.40. The number of aromatic nitrogens is 1. The Hall–Kier alpha value is -1.82. The van der Waals surface area contributed by atoms with Gasteiger partial charge in [0, 0.05) is 39.0 Å². The maximum atomic E-state index is 5.76. The van der Waals surface area contributed by atoms with Crippen molar-refractivity contribution < 1.29 is 9.47 Å². The highest BCUT2D eigenvalue weighted by atomic mass is 16.5. The Labute approximate surface area is 157 Å². The zero-order valence-corrected chi connectivity index (χ0v) is 16.1. The number of rotatable bonds is 11. The van der Waals surface area contributed by atoms with E-state index in [4.69, 9.17) is 14.5 Å². The van der Waals surface area contributed by atoms with Gasteiger partial charge in [-0.2, -0.15) is 0 Å². The lowest BCUT2D eigenvalue weighted by atomic mass is 10.3. The second-order valence-electron chi connectivity index (χ2n) is 7.37. The second kappa shape index (κ2) is 9.76. The van der Waals surface area contributed by atoms with Crippen molar-refractivity contribution in [2.45, 2.75) is 39.2 Å². The Morgan fingerprint density at radius 3 is 2.77 bits per heavy atom. The van der Waals surface area contributed by atoms with Crippen molar-refractivity contribution in [1.82, 2.24) is 15.2 Å². The molecule has 0 amide bonds. The van der Waals surface area contributed by atoms with E-state index in [-0.39, 0.29) is 0 Å². The maximum Gasteiger partial charge on any atom is 0.213 e. The van der Waals surface area contributed by atoms with Crippen molar-refractivity contribution in [3.8, 4) is 5.88 Å². The molecule has 2 fully saturated rings. The van der Waals surface area contributed by atoms with E-state index >= 15 is 0 Å². The highest BCUT2D eigenvalue weighted by Gasteiger charge is 2.22. The SMILES string of the molecule is CCNC(=NCc1ccnc(OCC2CC2)c1)N(C)CCOCC1CC1. The van der Waals surface area contributed by atoms with Crippen LogP contribution in [0.15, 0.2) is 23.3 Å². The molecule has 0 saturated heterocycles.